The van der Waals surface area contributed by atoms with Gasteiger partial charge in [0.25, 0.3) is 6.43 Å². The minimum absolute atomic E-state index is 0.0645. The molecule has 1 aromatic heterocycles. The third kappa shape index (κ3) is 2.38. The van der Waals surface area contributed by atoms with Gasteiger partial charge < -0.3 is 0 Å². The van der Waals surface area contributed by atoms with Gasteiger partial charge in [-0.05, 0) is 28.1 Å². The smallest absolute Gasteiger partial charge is 0.229 e. The van der Waals surface area contributed by atoms with Crippen molar-refractivity contribution in [3.05, 3.63) is 27.5 Å². The summed E-state index contributed by atoms with van der Waals surface area (Å²) in [7, 11) is 0. The van der Waals surface area contributed by atoms with Gasteiger partial charge in [0, 0.05) is 5.56 Å². The van der Waals surface area contributed by atoms with Gasteiger partial charge in [-0.1, -0.05) is 11.6 Å². The lowest BCUT2D eigenvalue weighted by molar-refractivity contribution is 0.151. The lowest BCUT2D eigenvalue weighted by Crippen LogP contribution is -1.86. The molecule has 60 valence electrons. The van der Waals surface area contributed by atoms with E-state index in [0.29, 0.717) is 4.60 Å². The molecule has 0 aliphatic heterocycles. The fourth-order valence-corrected chi connectivity index (χ4v) is 1.38. The molecule has 0 fully saturated rings. The molecule has 0 bridgehead atoms. The quantitative estimate of drug-likeness (QED) is 0.688. The monoisotopic (exact) mass is 241 g/mol. The van der Waals surface area contributed by atoms with Gasteiger partial charge in [-0.3, -0.25) is 0 Å². The van der Waals surface area contributed by atoms with Gasteiger partial charge in [-0.15, -0.1) is 0 Å². The Morgan fingerprint density at radius 2 is 2.09 bits per heavy atom. The van der Waals surface area contributed by atoms with Crippen LogP contribution in [0.25, 0.3) is 0 Å². The molecule has 0 spiro atoms. The van der Waals surface area contributed by atoms with Crippen molar-refractivity contribution >= 4 is 27.5 Å². The minimum atomic E-state index is -2.51. The van der Waals surface area contributed by atoms with Crippen LogP contribution in [0.5, 0.6) is 0 Å². The Labute approximate surface area is 75.5 Å². The summed E-state index contributed by atoms with van der Waals surface area (Å²) in [4.78, 5) is 3.67. The second-order valence-electron chi connectivity index (χ2n) is 1.85. The Kier molecular flexibility index (Phi) is 2.78. The summed E-state index contributed by atoms with van der Waals surface area (Å²) in [6, 6.07) is 2.37. The summed E-state index contributed by atoms with van der Waals surface area (Å²) in [5, 5.41) is 0.0645. The first-order chi connectivity index (χ1) is 5.09. The lowest BCUT2D eigenvalue weighted by Gasteiger charge is -1.99. The van der Waals surface area contributed by atoms with Gasteiger partial charge in [-0.25, -0.2) is 13.8 Å². The van der Waals surface area contributed by atoms with Crippen molar-refractivity contribution in [3.8, 4) is 0 Å². The lowest BCUT2D eigenvalue weighted by atomic mass is 10.3. The standard InChI is InChI=1S/C6H3BrClF2N/c7-4-1-3(6(9)10)2-5(8)11-4/h1-2,6H. The molecule has 1 rings (SSSR count). The van der Waals surface area contributed by atoms with E-state index in [4.69, 9.17) is 11.6 Å². The van der Waals surface area contributed by atoms with E-state index in [9.17, 15) is 8.78 Å². The first-order valence-corrected chi connectivity index (χ1v) is 3.88. The average Bonchev–Trinajstić information content (AvgIpc) is 1.85. The summed E-state index contributed by atoms with van der Waals surface area (Å²) in [6.45, 7) is 0. The van der Waals surface area contributed by atoms with Crippen molar-refractivity contribution in [1.82, 2.24) is 4.98 Å². The molecule has 0 atom stereocenters. The summed E-state index contributed by atoms with van der Waals surface area (Å²) >= 11 is 8.37. The van der Waals surface area contributed by atoms with Gasteiger partial charge >= 0.3 is 0 Å². The molecule has 5 heteroatoms. The minimum Gasteiger partial charge on any atom is -0.229 e. The van der Waals surface area contributed by atoms with Crippen molar-refractivity contribution in [2.24, 2.45) is 0 Å². The van der Waals surface area contributed by atoms with Crippen LogP contribution in [-0.2, 0) is 0 Å². The zero-order valence-electron chi connectivity index (χ0n) is 5.19. The second-order valence-corrected chi connectivity index (χ2v) is 3.05. The molecule has 0 radical (unpaired) electrons. The molecule has 1 nitrogen and oxygen atoms in total. The van der Waals surface area contributed by atoms with Gasteiger partial charge in [0.2, 0.25) is 0 Å². The summed E-state index contributed by atoms with van der Waals surface area (Å²) in [6.07, 6.45) is -2.51. The highest BCUT2D eigenvalue weighted by atomic mass is 79.9. The largest absolute Gasteiger partial charge is 0.264 e. The Morgan fingerprint density at radius 1 is 1.45 bits per heavy atom. The number of aromatic nitrogens is 1. The highest BCUT2D eigenvalue weighted by Crippen LogP contribution is 2.23. The topological polar surface area (TPSA) is 12.9 Å². The molecule has 0 N–H and O–H groups in total. The normalized spacial score (nSPS) is 10.6. The van der Waals surface area contributed by atoms with Crippen molar-refractivity contribution in [2.75, 3.05) is 0 Å². The molecule has 1 heterocycles. The fraction of sp³-hybridized carbons (Fsp3) is 0.167. The van der Waals surface area contributed by atoms with Crippen LogP contribution >= 0.6 is 27.5 Å². The summed E-state index contributed by atoms with van der Waals surface area (Å²) < 4.78 is 24.4. The molecule has 0 saturated carbocycles. The van der Waals surface area contributed by atoms with E-state index in [2.05, 4.69) is 20.9 Å². The predicted octanol–water partition coefficient (Wildman–Crippen LogP) is 3.44. The molecule has 0 aliphatic carbocycles. The van der Waals surface area contributed by atoms with Crippen LogP contribution in [0.15, 0.2) is 16.7 Å². The Morgan fingerprint density at radius 3 is 2.55 bits per heavy atom. The maximum Gasteiger partial charge on any atom is 0.264 e. The van der Waals surface area contributed by atoms with Gasteiger partial charge in [0.05, 0.1) is 0 Å². The Bertz CT molecular complexity index is 247. The molecular formula is C6H3BrClF2N. The highest BCUT2D eigenvalue weighted by Gasteiger charge is 2.08. The molecule has 1 aromatic rings. The van der Waals surface area contributed by atoms with Crippen LogP contribution < -0.4 is 0 Å². The van der Waals surface area contributed by atoms with Crippen molar-refractivity contribution in [2.45, 2.75) is 6.43 Å². The third-order valence-electron chi connectivity index (χ3n) is 1.04. The SMILES string of the molecule is FC(F)c1cc(Cl)nc(Br)c1. The number of rotatable bonds is 1. The predicted molar refractivity (Wildman–Crippen MR) is 41.9 cm³/mol. The fourth-order valence-electron chi connectivity index (χ4n) is 0.609. The number of nitrogens with zero attached hydrogens (tertiary/aromatic N) is 1. The molecule has 0 aliphatic rings. The van der Waals surface area contributed by atoms with E-state index in [1.165, 1.54) is 6.07 Å². The van der Waals surface area contributed by atoms with E-state index >= 15 is 0 Å². The maximum atomic E-state index is 12.0. The Hall–Kier alpha value is -0.220. The molecule has 0 amide bonds. The average molecular weight is 242 g/mol. The number of halogens is 4. The zero-order chi connectivity index (χ0) is 8.43. The van der Waals surface area contributed by atoms with Gasteiger partial charge in [0.1, 0.15) is 9.76 Å². The highest BCUT2D eigenvalue weighted by molar-refractivity contribution is 9.10. The van der Waals surface area contributed by atoms with Crippen LogP contribution in [0.4, 0.5) is 8.78 Å². The van der Waals surface area contributed by atoms with Gasteiger partial charge in [0.15, 0.2) is 0 Å². The van der Waals surface area contributed by atoms with Crippen LogP contribution in [0.3, 0.4) is 0 Å². The Balaban J connectivity index is 3.08. The first-order valence-electron chi connectivity index (χ1n) is 2.70. The van der Waals surface area contributed by atoms with Crippen molar-refractivity contribution in [3.63, 3.8) is 0 Å². The first kappa shape index (κ1) is 8.87. The van der Waals surface area contributed by atoms with Crippen molar-refractivity contribution < 1.29 is 8.78 Å². The third-order valence-corrected chi connectivity index (χ3v) is 1.64. The molecular weight excluding hydrogens is 239 g/mol. The molecule has 11 heavy (non-hydrogen) atoms. The number of pyridine rings is 1. The second kappa shape index (κ2) is 3.45. The van der Waals surface area contributed by atoms with E-state index in [1.54, 1.807) is 0 Å². The number of alkyl halides is 2. The van der Waals surface area contributed by atoms with E-state index in [0.717, 1.165) is 6.07 Å². The summed E-state index contributed by atoms with van der Waals surface area (Å²) in [5.41, 5.74) is -0.128. The van der Waals surface area contributed by atoms with E-state index < -0.39 is 6.43 Å². The van der Waals surface area contributed by atoms with Crippen molar-refractivity contribution in [1.29, 1.82) is 0 Å². The van der Waals surface area contributed by atoms with Crippen LogP contribution in [-0.4, -0.2) is 4.98 Å². The zero-order valence-corrected chi connectivity index (χ0v) is 7.53. The van der Waals surface area contributed by atoms with E-state index in [-0.39, 0.29) is 10.7 Å². The number of hydrogen-bond donors (Lipinski definition) is 0. The van der Waals surface area contributed by atoms with Crippen LogP contribution in [0.2, 0.25) is 5.15 Å². The number of hydrogen-bond acceptors (Lipinski definition) is 1. The van der Waals surface area contributed by atoms with E-state index in [1.807, 2.05) is 0 Å². The summed E-state index contributed by atoms with van der Waals surface area (Å²) in [5.74, 6) is 0. The molecule has 0 saturated heterocycles. The van der Waals surface area contributed by atoms with Gasteiger partial charge in [-0.2, -0.15) is 0 Å². The van der Waals surface area contributed by atoms with Crippen LogP contribution in [0, 0.1) is 0 Å². The molecule has 0 aromatic carbocycles. The van der Waals surface area contributed by atoms with Crippen LogP contribution in [0.1, 0.15) is 12.0 Å². The molecule has 0 unspecified atom stereocenters. The maximum absolute atomic E-state index is 12.0.